The van der Waals surface area contributed by atoms with Crippen LogP contribution >= 0.6 is 0 Å². The van der Waals surface area contributed by atoms with Crippen LogP contribution in [0, 0.1) is 0 Å². The van der Waals surface area contributed by atoms with Gasteiger partial charge in [0.2, 0.25) is 0 Å². The maximum absolute atomic E-state index is 12.3. The van der Waals surface area contributed by atoms with Crippen molar-refractivity contribution in [1.82, 2.24) is 9.80 Å². The lowest BCUT2D eigenvalue weighted by Crippen LogP contribution is -2.33. The second-order valence-corrected chi connectivity index (χ2v) is 11.1. The highest BCUT2D eigenvalue weighted by molar-refractivity contribution is 6.36. The molecule has 0 radical (unpaired) electrons. The van der Waals surface area contributed by atoms with Crippen LogP contribution in [0.4, 0.5) is 0 Å². The average molecular weight is 493 g/mol. The SMILES string of the molecule is CCCCCCCCCCCCCCCC(=O)CCBCN(CCCOC)CCCN1CCCC1. The molecule has 0 atom stereocenters. The minimum absolute atomic E-state index is 0.494. The summed E-state index contributed by atoms with van der Waals surface area (Å²) in [5.41, 5.74) is 0. The van der Waals surface area contributed by atoms with Crippen LogP contribution in [0.25, 0.3) is 0 Å². The van der Waals surface area contributed by atoms with Crippen molar-refractivity contribution in [2.45, 2.75) is 135 Å². The molecule has 1 saturated heterocycles. The molecule has 0 saturated carbocycles. The predicted octanol–water partition coefficient (Wildman–Crippen LogP) is 7.06. The number of unbranched alkanes of at least 4 members (excludes halogenated alkanes) is 12. The first kappa shape index (κ1) is 32.6. The van der Waals surface area contributed by atoms with Crippen molar-refractivity contribution >= 4 is 13.1 Å². The maximum Gasteiger partial charge on any atom is 0.138 e. The zero-order chi connectivity index (χ0) is 25.2. The molecule has 0 aliphatic carbocycles. The van der Waals surface area contributed by atoms with Gasteiger partial charge in [-0.05, 0) is 77.7 Å². The van der Waals surface area contributed by atoms with Crippen LogP contribution < -0.4 is 0 Å². The number of ether oxygens (including phenoxy) is 1. The fourth-order valence-corrected chi connectivity index (χ4v) is 5.41. The summed E-state index contributed by atoms with van der Waals surface area (Å²) in [5, 5.41) is 0. The molecule has 1 aliphatic heterocycles. The Morgan fingerprint density at radius 1 is 0.771 bits per heavy atom. The van der Waals surface area contributed by atoms with Crippen LogP contribution in [0.5, 0.6) is 0 Å². The minimum atomic E-state index is 0.494. The number of carbonyl (C=O) groups excluding carboxylic acids is 1. The molecule has 0 aromatic carbocycles. The van der Waals surface area contributed by atoms with Gasteiger partial charge in [0.15, 0.2) is 0 Å². The molecule has 1 fully saturated rings. The molecule has 0 spiro atoms. The largest absolute Gasteiger partial charge is 0.385 e. The molecule has 4 nitrogen and oxygen atoms in total. The van der Waals surface area contributed by atoms with Gasteiger partial charge in [-0.3, -0.25) is 4.79 Å². The molecule has 1 aliphatic rings. The van der Waals surface area contributed by atoms with Gasteiger partial charge in [0.05, 0.1) is 0 Å². The topological polar surface area (TPSA) is 32.8 Å². The summed E-state index contributed by atoms with van der Waals surface area (Å²) in [5.74, 6) is 0.494. The number of ketones is 1. The van der Waals surface area contributed by atoms with Crippen molar-refractivity contribution in [3.05, 3.63) is 0 Å². The van der Waals surface area contributed by atoms with E-state index >= 15 is 0 Å². The molecular formula is C30H61BN2O2. The monoisotopic (exact) mass is 492 g/mol. The van der Waals surface area contributed by atoms with Gasteiger partial charge in [-0.1, -0.05) is 90.3 Å². The van der Waals surface area contributed by atoms with Crippen molar-refractivity contribution in [3.8, 4) is 0 Å². The van der Waals surface area contributed by atoms with Gasteiger partial charge in [0.1, 0.15) is 13.1 Å². The summed E-state index contributed by atoms with van der Waals surface area (Å²) >= 11 is 0. The summed E-state index contributed by atoms with van der Waals surface area (Å²) in [7, 11) is 2.95. The van der Waals surface area contributed by atoms with E-state index in [0.29, 0.717) is 5.78 Å². The highest BCUT2D eigenvalue weighted by Gasteiger charge is 2.12. The van der Waals surface area contributed by atoms with Gasteiger partial charge in [0.25, 0.3) is 0 Å². The first-order chi connectivity index (χ1) is 17.3. The second kappa shape index (κ2) is 25.3. The molecule has 0 aromatic rings. The standard InChI is InChI=1S/C30H61BN2O2/c1-3-4-5-6-7-8-9-10-11-12-13-14-15-20-30(34)21-22-31-29-33(27-19-28-35-2)26-18-25-32-23-16-17-24-32/h31H,3-29H2,1-2H3. The third kappa shape index (κ3) is 21.4. The third-order valence-corrected chi connectivity index (χ3v) is 7.71. The zero-order valence-electron chi connectivity index (χ0n) is 24.0. The molecule has 0 bridgehead atoms. The molecule has 0 aromatic heterocycles. The van der Waals surface area contributed by atoms with Gasteiger partial charge in [-0.15, -0.1) is 0 Å². The van der Waals surface area contributed by atoms with Crippen LogP contribution in [-0.4, -0.2) is 75.7 Å². The highest BCUT2D eigenvalue weighted by Crippen LogP contribution is 2.13. The summed E-state index contributed by atoms with van der Waals surface area (Å²) in [4.78, 5) is 17.5. The molecule has 0 unspecified atom stereocenters. The number of hydrogen-bond donors (Lipinski definition) is 0. The van der Waals surface area contributed by atoms with Gasteiger partial charge in [0, 0.05) is 20.1 Å². The maximum atomic E-state index is 12.3. The third-order valence-electron chi connectivity index (χ3n) is 7.71. The fourth-order valence-electron chi connectivity index (χ4n) is 5.41. The van der Waals surface area contributed by atoms with Gasteiger partial charge in [-0.25, -0.2) is 0 Å². The van der Waals surface area contributed by atoms with Crippen LogP contribution in [0.15, 0.2) is 0 Å². The van der Waals surface area contributed by atoms with Crippen LogP contribution in [0.2, 0.25) is 6.32 Å². The van der Waals surface area contributed by atoms with Crippen LogP contribution in [0.1, 0.15) is 129 Å². The van der Waals surface area contributed by atoms with E-state index in [0.717, 1.165) is 58.9 Å². The van der Waals surface area contributed by atoms with E-state index in [1.54, 1.807) is 7.11 Å². The van der Waals surface area contributed by atoms with E-state index < -0.39 is 0 Å². The molecule has 5 heteroatoms. The van der Waals surface area contributed by atoms with Crippen LogP contribution in [-0.2, 0) is 9.53 Å². The lowest BCUT2D eigenvalue weighted by molar-refractivity contribution is -0.118. The molecule has 206 valence electrons. The Hall–Kier alpha value is -0.385. The Morgan fingerprint density at radius 3 is 1.94 bits per heavy atom. The highest BCUT2D eigenvalue weighted by atomic mass is 16.5. The summed E-state index contributed by atoms with van der Waals surface area (Å²) in [6.07, 6.45) is 26.7. The molecule has 0 N–H and O–H groups in total. The fraction of sp³-hybridized carbons (Fsp3) is 0.967. The van der Waals surface area contributed by atoms with E-state index in [2.05, 4.69) is 16.7 Å². The van der Waals surface area contributed by atoms with Gasteiger partial charge < -0.3 is 14.5 Å². The number of rotatable bonds is 27. The Labute approximate surface area is 220 Å². The zero-order valence-corrected chi connectivity index (χ0v) is 24.0. The summed E-state index contributed by atoms with van der Waals surface area (Å²) in [6.45, 7) is 9.29. The quantitative estimate of drug-likeness (QED) is 0.0907. The first-order valence-corrected chi connectivity index (χ1v) is 15.7. The minimum Gasteiger partial charge on any atom is -0.385 e. The average Bonchev–Trinajstić information content (AvgIpc) is 3.38. The number of methoxy groups -OCH3 is 1. The lowest BCUT2D eigenvalue weighted by atomic mass is 9.72. The van der Waals surface area contributed by atoms with Crippen molar-refractivity contribution in [2.24, 2.45) is 0 Å². The Balaban J connectivity index is 1.93. The Bertz CT molecular complexity index is 458. The van der Waals surface area contributed by atoms with E-state index in [1.807, 2.05) is 0 Å². The van der Waals surface area contributed by atoms with Crippen LogP contribution in [0.3, 0.4) is 0 Å². The van der Waals surface area contributed by atoms with Gasteiger partial charge in [-0.2, -0.15) is 0 Å². The first-order valence-electron chi connectivity index (χ1n) is 15.7. The Morgan fingerprint density at radius 2 is 1.34 bits per heavy atom. The number of likely N-dealkylation sites (tertiary alicyclic amines) is 1. The summed E-state index contributed by atoms with van der Waals surface area (Å²) < 4.78 is 5.25. The molecule has 1 heterocycles. The second-order valence-electron chi connectivity index (χ2n) is 11.1. The van der Waals surface area contributed by atoms with Crippen molar-refractivity contribution in [1.29, 1.82) is 0 Å². The molecule has 1 rings (SSSR count). The molecule has 0 amide bonds. The van der Waals surface area contributed by atoms with E-state index in [9.17, 15) is 4.79 Å². The van der Waals surface area contributed by atoms with Crippen molar-refractivity contribution < 1.29 is 9.53 Å². The van der Waals surface area contributed by atoms with E-state index in [4.69, 9.17) is 4.74 Å². The predicted molar refractivity (Wildman–Crippen MR) is 155 cm³/mol. The Kier molecular flexibility index (Phi) is 23.6. The number of nitrogens with zero attached hydrogens (tertiary/aromatic N) is 2. The lowest BCUT2D eigenvalue weighted by Gasteiger charge is -2.23. The van der Waals surface area contributed by atoms with E-state index in [-0.39, 0.29) is 0 Å². The normalized spacial score (nSPS) is 14.3. The van der Waals surface area contributed by atoms with Crippen molar-refractivity contribution in [3.63, 3.8) is 0 Å². The number of hydrogen-bond acceptors (Lipinski definition) is 4. The molecular weight excluding hydrogens is 431 g/mol. The van der Waals surface area contributed by atoms with Crippen molar-refractivity contribution in [2.75, 3.05) is 52.9 Å². The van der Waals surface area contributed by atoms with E-state index in [1.165, 1.54) is 122 Å². The summed E-state index contributed by atoms with van der Waals surface area (Å²) in [6, 6.07) is 0. The van der Waals surface area contributed by atoms with Gasteiger partial charge >= 0.3 is 0 Å². The number of carbonyl (C=O) groups is 1. The molecule has 35 heavy (non-hydrogen) atoms. The number of Topliss-reactive ketones (excluding diaryl/α,β-unsaturated/α-hetero) is 1. The smallest absolute Gasteiger partial charge is 0.138 e.